The Hall–Kier alpha value is -2.30. The number of aromatic nitrogens is 1. The molecule has 0 spiro atoms. The highest BCUT2D eigenvalue weighted by molar-refractivity contribution is 6.00. The number of likely N-dealkylation sites (tertiary alicyclic amines) is 1. The molecule has 1 fully saturated rings. The molecule has 3 rings (SSSR count). The number of hydrogen-bond acceptors (Lipinski definition) is 3. The van der Waals surface area contributed by atoms with Gasteiger partial charge < -0.3 is 15.2 Å². The maximum Gasteiger partial charge on any atom is 0.259 e. The number of fused-ring (bicyclic) bond motifs is 1. The Labute approximate surface area is 135 Å². The highest BCUT2D eigenvalue weighted by atomic mass is 16.2. The summed E-state index contributed by atoms with van der Waals surface area (Å²) >= 11 is 0. The minimum absolute atomic E-state index is 0.132. The molecule has 0 aliphatic carbocycles. The first-order chi connectivity index (χ1) is 11.0. The van der Waals surface area contributed by atoms with E-state index in [1.165, 1.54) is 0 Å². The van der Waals surface area contributed by atoms with Crippen LogP contribution in [0.4, 0.5) is 5.69 Å². The summed E-state index contributed by atoms with van der Waals surface area (Å²) in [6.45, 7) is 5.51. The van der Waals surface area contributed by atoms with Crippen LogP contribution in [0, 0.1) is 0 Å². The van der Waals surface area contributed by atoms with E-state index in [1.807, 2.05) is 30.5 Å². The van der Waals surface area contributed by atoms with E-state index in [-0.39, 0.29) is 22.9 Å². The average molecular weight is 313 g/mol. The first-order valence-corrected chi connectivity index (χ1v) is 8.23. The molecule has 23 heavy (non-hydrogen) atoms. The number of pyridine rings is 1. The molecule has 1 aromatic heterocycles. The van der Waals surface area contributed by atoms with Crippen molar-refractivity contribution in [2.24, 2.45) is 0 Å². The fraction of sp³-hybridized carbons (Fsp3) is 0.444. The van der Waals surface area contributed by atoms with Crippen molar-refractivity contribution >= 4 is 22.5 Å². The second-order valence-electron chi connectivity index (χ2n) is 6.47. The molecule has 0 unspecified atom stereocenters. The fourth-order valence-electron chi connectivity index (χ4n) is 3.27. The fourth-order valence-corrected chi connectivity index (χ4v) is 3.27. The van der Waals surface area contributed by atoms with Gasteiger partial charge in [-0.1, -0.05) is 6.07 Å². The number of piperidine rings is 1. The van der Waals surface area contributed by atoms with E-state index in [1.54, 1.807) is 17.2 Å². The molecule has 2 aromatic rings. The molecule has 0 atom stereocenters. The molecule has 1 aliphatic heterocycles. The van der Waals surface area contributed by atoms with Gasteiger partial charge >= 0.3 is 0 Å². The molecule has 5 heteroatoms. The lowest BCUT2D eigenvalue weighted by Gasteiger charge is -2.27. The van der Waals surface area contributed by atoms with Crippen LogP contribution in [0.2, 0.25) is 0 Å². The van der Waals surface area contributed by atoms with E-state index in [0.29, 0.717) is 11.1 Å². The van der Waals surface area contributed by atoms with Gasteiger partial charge in [-0.3, -0.25) is 9.59 Å². The van der Waals surface area contributed by atoms with Gasteiger partial charge in [-0.2, -0.15) is 0 Å². The van der Waals surface area contributed by atoms with Crippen molar-refractivity contribution in [1.29, 1.82) is 0 Å². The minimum Gasteiger partial charge on any atom is -0.398 e. The van der Waals surface area contributed by atoms with Crippen LogP contribution in [0.15, 0.2) is 29.2 Å². The van der Waals surface area contributed by atoms with E-state index in [0.717, 1.165) is 37.9 Å². The summed E-state index contributed by atoms with van der Waals surface area (Å²) in [5.74, 6) is -0.172. The van der Waals surface area contributed by atoms with Gasteiger partial charge in [-0.15, -0.1) is 0 Å². The van der Waals surface area contributed by atoms with E-state index in [9.17, 15) is 9.59 Å². The number of hydrogen-bond donors (Lipinski definition) is 1. The van der Waals surface area contributed by atoms with E-state index in [4.69, 9.17) is 5.73 Å². The minimum atomic E-state index is -0.259. The van der Waals surface area contributed by atoms with Gasteiger partial charge in [0, 0.05) is 31.0 Å². The average Bonchev–Trinajstić information content (AvgIpc) is 2.55. The third kappa shape index (κ3) is 2.71. The first-order valence-electron chi connectivity index (χ1n) is 8.23. The Bertz CT molecular complexity index is 802. The van der Waals surface area contributed by atoms with Crippen LogP contribution < -0.4 is 11.2 Å². The molecule has 1 aliphatic rings. The van der Waals surface area contributed by atoms with Crippen LogP contribution in [-0.4, -0.2) is 28.5 Å². The molecular weight excluding hydrogens is 290 g/mol. The number of benzene rings is 1. The van der Waals surface area contributed by atoms with Gasteiger partial charge in [0.1, 0.15) is 5.56 Å². The van der Waals surface area contributed by atoms with E-state index in [2.05, 4.69) is 0 Å². The standard InChI is InChI=1S/C18H23N3O2/c1-12(2)21-11-13(18(23)20-9-4-3-5-10-20)17(22)16-14(19)7-6-8-15(16)21/h6-8,11-12H,3-5,9-10,19H2,1-2H3. The van der Waals surface area contributed by atoms with Crippen LogP contribution in [0.1, 0.15) is 49.5 Å². The van der Waals surface area contributed by atoms with Gasteiger partial charge in [-0.25, -0.2) is 0 Å². The Morgan fingerprint density at radius 3 is 2.52 bits per heavy atom. The third-order valence-electron chi connectivity index (χ3n) is 4.52. The number of anilines is 1. The summed E-state index contributed by atoms with van der Waals surface area (Å²) in [5.41, 5.74) is 7.21. The topological polar surface area (TPSA) is 68.3 Å². The normalized spacial score (nSPS) is 15.3. The lowest BCUT2D eigenvalue weighted by atomic mass is 10.1. The van der Waals surface area contributed by atoms with Gasteiger partial charge in [0.25, 0.3) is 5.91 Å². The largest absolute Gasteiger partial charge is 0.398 e. The zero-order valence-electron chi connectivity index (χ0n) is 13.7. The van der Waals surface area contributed by atoms with Crippen molar-refractivity contribution in [3.63, 3.8) is 0 Å². The Morgan fingerprint density at radius 2 is 1.87 bits per heavy atom. The van der Waals surface area contributed by atoms with Crippen molar-refractivity contribution in [3.8, 4) is 0 Å². The number of nitrogen functional groups attached to an aromatic ring is 1. The summed E-state index contributed by atoms with van der Waals surface area (Å²) < 4.78 is 1.96. The molecule has 0 radical (unpaired) electrons. The smallest absolute Gasteiger partial charge is 0.259 e. The van der Waals surface area contributed by atoms with Crippen LogP contribution >= 0.6 is 0 Å². The number of amides is 1. The monoisotopic (exact) mass is 313 g/mol. The second-order valence-corrected chi connectivity index (χ2v) is 6.47. The highest BCUT2D eigenvalue weighted by Gasteiger charge is 2.23. The maximum absolute atomic E-state index is 12.9. The van der Waals surface area contributed by atoms with Gasteiger partial charge in [-0.05, 0) is 45.2 Å². The molecule has 2 heterocycles. The predicted molar refractivity (Wildman–Crippen MR) is 92.8 cm³/mol. The quantitative estimate of drug-likeness (QED) is 0.867. The second kappa shape index (κ2) is 6.07. The van der Waals surface area contributed by atoms with Gasteiger partial charge in [0.05, 0.1) is 10.9 Å². The number of nitrogens with zero attached hydrogens (tertiary/aromatic N) is 2. The predicted octanol–water partition coefficient (Wildman–Crippen LogP) is 2.79. The van der Waals surface area contributed by atoms with E-state index < -0.39 is 0 Å². The lowest BCUT2D eigenvalue weighted by molar-refractivity contribution is 0.0722. The maximum atomic E-state index is 12.9. The van der Waals surface area contributed by atoms with Crippen LogP contribution in [0.5, 0.6) is 0 Å². The lowest BCUT2D eigenvalue weighted by Crippen LogP contribution is -2.38. The Kier molecular flexibility index (Phi) is 4.11. The molecule has 0 saturated carbocycles. The van der Waals surface area contributed by atoms with Crippen LogP contribution in [0.3, 0.4) is 0 Å². The Balaban J connectivity index is 2.21. The molecule has 1 aromatic carbocycles. The van der Waals surface area contributed by atoms with Crippen molar-refractivity contribution < 1.29 is 4.79 Å². The Morgan fingerprint density at radius 1 is 1.17 bits per heavy atom. The van der Waals surface area contributed by atoms with Crippen molar-refractivity contribution in [2.45, 2.75) is 39.2 Å². The molecular formula is C18H23N3O2. The number of rotatable bonds is 2. The van der Waals surface area contributed by atoms with Crippen molar-refractivity contribution in [2.75, 3.05) is 18.8 Å². The van der Waals surface area contributed by atoms with Crippen molar-refractivity contribution in [3.05, 3.63) is 40.2 Å². The van der Waals surface area contributed by atoms with Gasteiger partial charge in [0.2, 0.25) is 5.43 Å². The molecule has 1 saturated heterocycles. The van der Waals surface area contributed by atoms with E-state index >= 15 is 0 Å². The zero-order chi connectivity index (χ0) is 16.6. The molecule has 2 N–H and O–H groups in total. The van der Waals surface area contributed by atoms with Gasteiger partial charge in [0.15, 0.2) is 0 Å². The summed E-state index contributed by atoms with van der Waals surface area (Å²) in [7, 11) is 0. The third-order valence-corrected chi connectivity index (χ3v) is 4.52. The summed E-state index contributed by atoms with van der Waals surface area (Å²) in [5, 5.41) is 0.448. The summed E-state index contributed by atoms with van der Waals surface area (Å²) in [4.78, 5) is 27.5. The van der Waals surface area contributed by atoms with Crippen LogP contribution in [0.25, 0.3) is 10.9 Å². The van der Waals surface area contributed by atoms with Crippen LogP contribution in [-0.2, 0) is 0 Å². The molecule has 1 amide bonds. The number of carbonyl (C=O) groups excluding carboxylic acids is 1. The SMILES string of the molecule is CC(C)n1cc(C(=O)N2CCCCC2)c(=O)c2c(N)cccc21. The zero-order valence-corrected chi connectivity index (χ0v) is 13.7. The molecule has 5 nitrogen and oxygen atoms in total. The summed E-state index contributed by atoms with van der Waals surface area (Å²) in [6, 6.07) is 5.56. The molecule has 122 valence electrons. The van der Waals surface area contributed by atoms with Crippen molar-refractivity contribution in [1.82, 2.24) is 9.47 Å². The summed E-state index contributed by atoms with van der Waals surface area (Å²) in [6.07, 6.45) is 4.84. The first kappa shape index (κ1) is 15.6. The number of nitrogens with two attached hydrogens (primary N) is 1. The molecule has 0 bridgehead atoms. The highest BCUT2D eigenvalue weighted by Crippen LogP contribution is 2.22. The number of carbonyl (C=O) groups is 1.